The first kappa shape index (κ1) is 15.1. The molecule has 0 bridgehead atoms. The van der Waals surface area contributed by atoms with Crippen LogP contribution in [0.5, 0.6) is 0 Å². The van der Waals surface area contributed by atoms with E-state index in [-0.39, 0.29) is 23.7 Å². The quantitative estimate of drug-likeness (QED) is 0.855. The molecule has 0 N–H and O–H groups in total. The van der Waals surface area contributed by atoms with E-state index in [1.807, 2.05) is 0 Å². The number of carbonyl (C=O) groups excluding carboxylic acids is 1. The molecule has 1 aliphatic rings. The van der Waals surface area contributed by atoms with Gasteiger partial charge in [-0.25, -0.2) is 18.6 Å². The van der Waals surface area contributed by atoms with Gasteiger partial charge >= 0.3 is 6.03 Å². The Hall–Kier alpha value is -2.77. The Bertz CT molecular complexity index is 759. The number of amides is 2. The molecule has 1 aromatic heterocycles. The van der Waals surface area contributed by atoms with Crippen molar-refractivity contribution in [1.82, 2.24) is 15.1 Å². The minimum atomic E-state index is -0.594. The molecule has 23 heavy (non-hydrogen) atoms. The first-order valence-corrected chi connectivity index (χ1v) is 6.91. The highest BCUT2D eigenvalue weighted by Crippen LogP contribution is 2.33. The van der Waals surface area contributed by atoms with Crippen LogP contribution in [0.1, 0.15) is 23.7 Å². The number of urea groups is 1. The number of carbonyl (C=O) groups is 1. The van der Waals surface area contributed by atoms with Gasteiger partial charge in [-0.05, 0) is 18.2 Å². The van der Waals surface area contributed by atoms with Gasteiger partial charge in [-0.2, -0.15) is 5.10 Å². The molecule has 120 valence electrons. The Morgan fingerprint density at radius 1 is 1.35 bits per heavy atom. The summed E-state index contributed by atoms with van der Waals surface area (Å²) >= 11 is 0. The summed E-state index contributed by atoms with van der Waals surface area (Å²) in [5.74, 6) is -1.16. The topological polar surface area (TPSA) is 61.9 Å². The minimum Gasteiger partial charge on any atom is -0.364 e. The van der Waals surface area contributed by atoms with E-state index in [1.54, 1.807) is 20.2 Å². The SMILES string of the molecule is CN(C)C(=O)N1N=C(c2cc(F)ccc2F)CC1c1ccon1. The minimum absolute atomic E-state index is 0.0348. The van der Waals surface area contributed by atoms with Gasteiger partial charge in [-0.3, -0.25) is 0 Å². The molecule has 0 saturated carbocycles. The van der Waals surface area contributed by atoms with E-state index in [1.165, 1.54) is 16.2 Å². The molecule has 2 amide bonds. The number of aromatic nitrogens is 1. The highest BCUT2D eigenvalue weighted by atomic mass is 19.1. The van der Waals surface area contributed by atoms with E-state index in [2.05, 4.69) is 10.3 Å². The van der Waals surface area contributed by atoms with Crippen LogP contribution >= 0.6 is 0 Å². The molecule has 1 aromatic carbocycles. The number of rotatable bonds is 2. The smallest absolute Gasteiger partial charge is 0.340 e. The Labute approximate surface area is 131 Å². The van der Waals surface area contributed by atoms with E-state index in [9.17, 15) is 13.6 Å². The summed E-state index contributed by atoms with van der Waals surface area (Å²) in [5, 5.41) is 9.22. The van der Waals surface area contributed by atoms with Gasteiger partial charge in [0.2, 0.25) is 0 Å². The Morgan fingerprint density at radius 3 is 2.78 bits per heavy atom. The van der Waals surface area contributed by atoms with Crippen LogP contribution in [0.4, 0.5) is 13.6 Å². The molecule has 6 nitrogen and oxygen atoms in total. The van der Waals surface area contributed by atoms with Crippen molar-refractivity contribution >= 4 is 11.7 Å². The van der Waals surface area contributed by atoms with Crippen LogP contribution in [-0.4, -0.2) is 40.9 Å². The molecule has 0 aliphatic carbocycles. The fourth-order valence-corrected chi connectivity index (χ4v) is 2.40. The number of nitrogens with zero attached hydrogens (tertiary/aromatic N) is 4. The molecule has 0 spiro atoms. The average molecular weight is 320 g/mol. The van der Waals surface area contributed by atoms with Crippen LogP contribution < -0.4 is 0 Å². The maximum Gasteiger partial charge on any atom is 0.340 e. The predicted molar refractivity (Wildman–Crippen MR) is 77.7 cm³/mol. The molecule has 2 aromatic rings. The van der Waals surface area contributed by atoms with E-state index in [0.29, 0.717) is 5.69 Å². The van der Waals surface area contributed by atoms with Crippen LogP contribution in [0.25, 0.3) is 0 Å². The van der Waals surface area contributed by atoms with Crippen molar-refractivity contribution < 1.29 is 18.1 Å². The maximum atomic E-state index is 14.0. The molecule has 1 atom stereocenters. The highest BCUT2D eigenvalue weighted by molar-refractivity contribution is 6.03. The van der Waals surface area contributed by atoms with Gasteiger partial charge in [-0.1, -0.05) is 5.16 Å². The standard InChI is InChI=1S/C15H14F2N4O2/c1-20(2)15(22)21-14(12-5-6-23-19-12)8-13(18-21)10-7-9(16)3-4-11(10)17/h3-7,14H,8H2,1-2H3. The number of halogens is 2. The molecule has 1 aliphatic heterocycles. The fourth-order valence-electron chi connectivity index (χ4n) is 2.40. The molecule has 3 rings (SSSR count). The van der Waals surface area contributed by atoms with Crippen molar-refractivity contribution in [2.24, 2.45) is 5.10 Å². The summed E-state index contributed by atoms with van der Waals surface area (Å²) in [6.07, 6.45) is 1.60. The van der Waals surface area contributed by atoms with Gasteiger partial charge in [-0.15, -0.1) is 0 Å². The fraction of sp³-hybridized carbons (Fsp3) is 0.267. The van der Waals surface area contributed by atoms with Gasteiger partial charge in [0.05, 0.1) is 5.71 Å². The van der Waals surface area contributed by atoms with Gasteiger partial charge in [0.1, 0.15) is 29.6 Å². The zero-order valence-electron chi connectivity index (χ0n) is 12.5. The third kappa shape index (κ3) is 2.79. The van der Waals surface area contributed by atoms with Crippen LogP contribution in [0.2, 0.25) is 0 Å². The maximum absolute atomic E-state index is 14.0. The zero-order valence-corrected chi connectivity index (χ0v) is 12.5. The molecule has 0 fully saturated rings. The first-order valence-electron chi connectivity index (χ1n) is 6.91. The summed E-state index contributed by atoms with van der Waals surface area (Å²) in [4.78, 5) is 13.6. The molecule has 1 unspecified atom stereocenters. The third-order valence-electron chi connectivity index (χ3n) is 3.53. The Kier molecular flexibility index (Phi) is 3.81. The van der Waals surface area contributed by atoms with E-state index in [0.717, 1.165) is 18.2 Å². The molecule has 8 heteroatoms. The zero-order chi connectivity index (χ0) is 16.6. The van der Waals surface area contributed by atoms with Crippen molar-refractivity contribution in [2.75, 3.05) is 14.1 Å². The normalized spacial score (nSPS) is 17.3. The van der Waals surface area contributed by atoms with Crippen molar-refractivity contribution in [3.63, 3.8) is 0 Å². The lowest BCUT2D eigenvalue weighted by atomic mass is 10.0. The Morgan fingerprint density at radius 2 is 2.13 bits per heavy atom. The molecule has 2 heterocycles. The number of hydrogen-bond donors (Lipinski definition) is 0. The van der Waals surface area contributed by atoms with E-state index in [4.69, 9.17) is 4.52 Å². The summed E-state index contributed by atoms with van der Waals surface area (Å²) < 4.78 is 32.2. The molecule has 0 radical (unpaired) electrons. The number of hydrazone groups is 1. The van der Waals surface area contributed by atoms with Crippen LogP contribution in [0.3, 0.4) is 0 Å². The van der Waals surface area contributed by atoms with Crippen molar-refractivity contribution in [1.29, 1.82) is 0 Å². The van der Waals surface area contributed by atoms with Gasteiger partial charge < -0.3 is 9.42 Å². The number of benzene rings is 1. The predicted octanol–water partition coefficient (Wildman–Crippen LogP) is 2.79. The molecular formula is C15H14F2N4O2. The second kappa shape index (κ2) is 5.79. The van der Waals surface area contributed by atoms with Gasteiger partial charge in [0.15, 0.2) is 0 Å². The molecule has 0 saturated heterocycles. The third-order valence-corrected chi connectivity index (χ3v) is 3.53. The van der Waals surface area contributed by atoms with Gasteiger partial charge in [0.25, 0.3) is 0 Å². The lowest BCUT2D eigenvalue weighted by Crippen LogP contribution is -2.36. The number of hydrogen-bond acceptors (Lipinski definition) is 4. The van der Waals surface area contributed by atoms with Gasteiger partial charge in [0, 0.05) is 32.1 Å². The Balaban J connectivity index is 2.01. The van der Waals surface area contributed by atoms with Crippen LogP contribution in [-0.2, 0) is 0 Å². The largest absolute Gasteiger partial charge is 0.364 e. The van der Waals surface area contributed by atoms with Crippen LogP contribution in [0.15, 0.2) is 40.2 Å². The van der Waals surface area contributed by atoms with E-state index < -0.39 is 17.7 Å². The monoisotopic (exact) mass is 320 g/mol. The average Bonchev–Trinajstić information content (AvgIpc) is 3.17. The lowest BCUT2D eigenvalue weighted by molar-refractivity contribution is 0.157. The van der Waals surface area contributed by atoms with Crippen molar-refractivity contribution in [3.05, 3.63) is 53.4 Å². The first-order chi connectivity index (χ1) is 11.0. The second-order valence-electron chi connectivity index (χ2n) is 5.34. The van der Waals surface area contributed by atoms with Crippen molar-refractivity contribution in [3.8, 4) is 0 Å². The molecular weight excluding hydrogens is 306 g/mol. The second-order valence-corrected chi connectivity index (χ2v) is 5.34. The van der Waals surface area contributed by atoms with E-state index >= 15 is 0 Å². The summed E-state index contributed by atoms with van der Waals surface area (Å²) in [7, 11) is 3.16. The summed E-state index contributed by atoms with van der Waals surface area (Å²) in [5.41, 5.74) is 0.813. The van der Waals surface area contributed by atoms with Crippen molar-refractivity contribution in [2.45, 2.75) is 12.5 Å². The summed E-state index contributed by atoms with van der Waals surface area (Å²) in [6.45, 7) is 0. The lowest BCUT2D eigenvalue weighted by Gasteiger charge is -2.23. The highest BCUT2D eigenvalue weighted by Gasteiger charge is 2.36. The summed E-state index contributed by atoms with van der Waals surface area (Å²) in [6, 6.07) is 3.84. The van der Waals surface area contributed by atoms with Crippen LogP contribution in [0, 0.1) is 11.6 Å².